The predicted molar refractivity (Wildman–Crippen MR) is 59.2 cm³/mol. The fourth-order valence-electron chi connectivity index (χ4n) is 1.54. The first-order valence-corrected chi connectivity index (χ1v) is 4.97. The molecule has 0 unspecified atom stereocenters. The molecule has 0 N–H and O–H groups in total. The lowest BCUT2D eigenvalue weighted by atomic mass is 10.2. The quantitative estimate of drug-likeness (QED) is 0.445. The fourth-order valence-corrected chi connectivity index (χ4v) is 1.54. The second-order valence-electron chi connectivity index (χ2n) is 3.46. The van der Waals surface area contributed by atoms with E-state index in [0.29, 0.717) is 6.42 Å². The van der Waals surface area contributed by atoms with Crippen molar-refractivity contribution in [3.05, 3.63) is 41.6 Å². The van der Waals surface area contributed by atoms with E-state index in [1.54, 1.807) is 0 Å². The molecular weight excluding hydrogens is 204 g/mol. The number of nitrogens with zero attached hydrogens (tertiary/aromatic N) is 2. The molecule has 0 spiro atoms. The van der Waals surface area contributed by atoms with Gasteiger partial charge in [0.1, 0.15) is 11.3 Å². The van der Waals surface area contributed by atoms with Crippen LogP contribution in [0, 0.1) is 0 Å². The summed E-state index contributed by atoms with van der Waals surface area (Å²) in [6.45, 7) is 0. The van der Waals surface area contributed by atoms with E-state index < -0.39 is 0 Å². The van der Waals surface area contributed by atoms with E-state index in [4.69, 9.17) is 9.95 Å². The first-order valence-electron chi connectivity index (χ1n) is 4.97. The van der Waals surface area contributed by atoms with Crippen molar-refractivity contribution in [2.75, 3.05) is 0 Å². The van der Waals surface area contributed by atoms with Crippen molar-refractivity contribution in [3.63, 3.8) is 0 Å². The average Bonchev–Trinajstić information content (AvgIpc) is 2.69. The van der Waals surface area contributed by atoms with E-state index >= 15 is 0 Å². The summed E-state index contributed by atoms with van der Waals surface area (Å²) in [6.07, 6.45) is 1.70. The van der Waals surface area contributed by atoms with Gasteiger partial charge in [0.05, 0.1) is 0 Å². The SMILES string of the molecule is [N-]=[N+]=CC(=O)CCc1cc2ccccc2o1. The summed E-state index contributed by atoms with van der Waals surface area (Å²) in [5.74, 6) is 0.545. The van der Waals surface area contributed by atoms with E-state index in [2.05, 4.69) is 4.79 Å². The molecule has 2 rings (SSSR count). The normalized spacial score (nSPS) is 10.0. The molecule has 0 amide bonds. The number of fused-ring (bicyclic) bond motifs is 1. The number of hydrogen-bond acceptors (Lipinski definition) is 2. The van der Waals surface area contributed by atoms with Crippen LogP contribution in [0.4, 0.5) is 0 Å². The summed E-state index contributed by atoms with van der Waals surface area (Å²) in [7, 11) is 0. The van der Waals surface area contributed by atoms with Gasteiger partial charge in [-0.2, -0.15) is 4.79 Å². The molecule has 4 heteroatoms. The van der Waals surface area contributed by atoms with Gasteiger partial charge in [-0.3, -0.25) is 4.79 Å². The Labute approximate surface area is 92.1 Å². The van der Waals surface area contributed by atoms with Crippen molar-refractivity contribution in [1.82, 2.24) is 0 Å². The van der Waals surface area contributed by atoms with E-state index in [9.17, 15) is 4.79 Å². The number of Topliss-reactive ketones (excluding diaryl/α,β-unsaturated/α-hetero) is 1. The van der Waals surface area contributed by atoms with Gasteiger partial charge in [-0.1, -0.05) is 18.2 Å². The van der Waals surface area contributed by atoms with Crippen LogP contribution in [0.25, 0.3) is 16.5 Å². The van der Waals surface area contributed by atoms with E-state index in [-0.39, 0.29) is 12.2 Å². The number of carbonyl (C=O) groups excluding carboxylic acids is 1. The van der Waals surface area contributed by atoms with Crippen LogP contribution in [0.2, 0.25) is 0 Å². The molecular formula is C12H10N2O2. The molecule has 0 bridgehead atoms. The van der Waals surface area contributed by atoms with Gasteiger partial charge in [-0.15, -0.1) is 0 Å². The predicted octanol–water partition coefficient (Wildman–Crippen LogP) is 2.24. The standard InChI is InChI=1S/C12H10N2O2/c13-14-8-10(15)5-6-11-7-9-3-1-2-4-12(9)16-11/h1-4,7-8H,5-6H2. The Kier molecular flexibility index (Phi) is 2.94. The van der Waals surface area contributed by atoms with Gasteiger partial charge in [0.15, 0.2) is 0 Å². The second kappa shape index (κ2) is 4.55. The Bertz CT molecular complexity index is 532. The van der Waals surface area contributed by atoms with Crippen LogP contribution in [0.1, 0.15) is 12.2 Å². The Morgan fingerprint density at radius 3 is 3.00 bits per heavy atom. The Hall–Kier alpha value is -2.19. The van der Waals surface area contributed by atoms with Gasteiger partial charge in [0.2, 0.25) is 5.78 Å². The summed E-state index contributed by atoms with van der Waals surface area (Å²) < 4.78 is 5.54. The molecule has 80 valence electrons. The molecule has 0 aliphatic carbocycles. The third-order valence-electron chi connectivity index (χ3n) is 2.30. The maximum absolute atomic E-state index is 11.1. The lowest BCUT2D eigenvalue weighted by Crippen LogP contribution is -2.01. The molecule has 1 aromatic carbocycles. The zero-order valence-corrected chi connectivity index (χ0v) is 8.59. The molecule has 0 radical (unpaired) electrons. The van der Waals surface area contributed by atoms with Crippen LogP contribution in [0.15, 0.2) is 34.7 Å². The van der Waals surface area contributed by atoms with Crippen LogP contribution in [0.5, 0.6) is 0 Å². The number of benzene rings is 1. The Balaban J connectivity index is 2.10. The Morgan fingerprint density at radius 2 is 2.25 bits per heavy atom. The molecule has 0 saturated carbocycles. The highest BCUT2D eigenvalue weighted by Gasteiger charge is 2.07. The lowest BCUT2D eigenvalue weighted by molar-refractivity contribution is -0.116. The van der Waals surface area contributed by atoms with Crippen LogP contribution in [-0.2, 0) is 11.2 Å². The van der Waals surface area contributed by atoms with Crippen molar-refractivity contribution in [1.29, 1.82) is 0 Å². The minimum absolute atomic E-state index is 0.219. The monoisotopic (exact) mass is 214 g/mol. The molecule has 4 nitrogen and oxygen atoms in total. The number of aryl methyl sites for hydroxylation is 1. The van der Waals surface area contributed by atoms with Gasteiger partial charge in [0, 0.05) is 18.2 Å². The van der Waals surface area contributed by atoms with Gasteiger partial charge >= 0.3 is 6.21 Å². The first-order chi connectivity index (χ1) is 7.79. The van der Waals surface area contributed by atoms with Crippen LogP contribution in [-0.4, -0.2) is 16.8 Å². The summed E-state index contributed by atoms with van der Waals surface area (Å²) in [5.41, 5.74) is 8.99. The minimum atomic E-state index is -0.219. The second-order valence-corrected chi connectivity index (χ2v) is 3.46. The molecule has 0 aliphatic rings. The summed E-state index contributed by atoms with van der Waals surface area (Å²) in [5, 5.41) is 1.03. The van der Waals surface area contributed by atoms with Crippen molar-refractivity contribution >= 4 is 23.0 Å². The van der Waals surface area contributed by atoms with Crippen molar-refractivity contribution in [3.8, 4) is 0 Å². The number of para-hydroxylation sites is 1. The Morgan fingerprint density at radius 1 is 1.44 bits per heavy atom. The fraction of sp³-hybridized carbons (Fsp3) is 0.167. The van der Waals surface area contributed by atoms with Gasteiger partial charge in [-0.05, 0) is 12.1 Å². The number of furan rings is 1. The average molecular weight is 214 g/mol. The molecule has 1 heterocycles. The highest BCUT2D eigenvalue weighted by atomic mass is 16.3. The largest absolute Gasteiger partial charge is 0.461 e. The van der Waals surface area contributed by atoms with Crippen LogP contribution in [0.3, 0.4) is 0 Å². The maximum Gasteiger partial charge on any atom is 0.323 e. The highest BCUT2D eigenvalue weighted by molar-refractivity contribution is 6.25. The zero-order chi connectivity index (χ0) is 11.4. The van der Waals surface area contributed by atoms with Crippen LogP contribution >= 0.6 is 0 Å². The smallest absolute Gasteiger partial charge is 0.323 e. The topological polar surface area (TPSA) is 66.6 Å². The number of hydrogen-bond donors (Lipinski definition) is 0. The van der Waals surface area contributed by atoms with E-state index in [1.165, 1.54) is 0 Å². The van der Waals surface area contributed by atoms with Gasteiger partial charge in [-0.25, -0.2) is 0 Å². The summed E-state index contributed by atoms with van der Waals surface area (Å²) in [6, 6.07) is 9.60. The number of rotatable bonds is 4. The molecule has 16 heavy (non-hydrogen) atoms. The molecule has 0 fully saturated rings. The summed E-state index contributed by atoms with van der Waals surface area (Å²) >= 11 is 0. The minimum Gasteiger partial charge on any atom is -0.461 e. The zero-order valence-electron chi connectivity index (χ0n) is 8.59. The number of ketones is 1. The van der Waals surface area contributed by atoms with Crippen LogP contribution < -0.4 is 0 Å². The molecule has 0 atom stereocenters. The highest BCUT2D eigenvalue weighted by Crippen LogP contribution is 2.19. The van der Waals surface area contributed by atoms with E-state index in [1.807, 2.05) is 30.3 Å². The number of carbonyl (C=O) groups is 1. The van der Waals surface area contributed by atoms with Gasteiger partial charge < -0.3 is 9.95 Å². The molecule has 1 aromatic heterocycles. The molecule has 2 aromatic rings. The summed E-state index contributed by atoms with van der Waals surface area (Å²) in [4.78, 5) is 13.8. The third kappa shape index (κ3) is 2.24. The van der Waals surface area contributed by atoms with Crippen molar-refractivity contribution < 1.29 is 14.0 Å². The molecule has 0 aliphatic heterocycles. The molecule has 0 saturated heterocycles. The third-order valence-corrected chi connectivity index (χ3v) is 2.30. The lowest BCUT2D eigenvalue weighted by Gasteiger charge is -1.89. The first kappa shape index (κ1) is 10.3. The van der Waals surface area contributed by atoms with Gasteiger partial charge in [0.25, 0.3) is 0 Å². The van der Waals surface area contributed by atoms with Crippen molar-refractivity contribution in [2.24, 2.45) is 0 Å². The van der Waals surface area contributed by atoms with E-state index in [0.717, 1.165) is 22.9 Å². The maximum atomic E-state index is 11.1. The van der Waals surface area contributed by atoms with Crippen molar-refractivity contribution in [2.45, 2.75) is 12.8 Å².